The summed E-state index contributed by atoms with van der Waals surface area (Å²) in [6.45, 7) is 0. The van der Waals surface area contributed by atoms with E-state index in [0.717, 1.165) is 18.3 Å². The van der Waals surface area contributed by atoms with Crippen LogP contribution in [0.15, 0.2) is 23.2 Å². The maximum absolute atomic E-state index is 11.8. The number of rotatable bonds is 2. The van der Waals surface area contributed by atoms with Crippen LogP contribution in [-0.2, 0) is 10.0 Å². The van der Waals surface area contributed by atoms with Gasteiger partial charge in [0.25, 0.3) is 0 Å². The second-order valence-corrected chi connectivity index (χ2v) is 3.93. The summed E-state index contributed by atoms with van der Waals surface area (Å²) in [5.74, 6) is -1.09. The average molecular weight is 242 g/mol. The molecule has 1 aromatic rings. The Morgan fingerprint density at radius 1 is 1.40 bits per heavy atom. The first kappa shape index (κ1) is 11.7. The second kappa shape index (κ2) is 3.66. The van der Waals surface area contributed by atoms with Crippen molar-refractivity contribution in [2.75, 3.05) is 0 Å². The van der Waals surface area contributed by atoms with Crippen molar-refractivity contribution in [2.45, 2.75) is 11.3 Å². The lowest BCUT2D eigenvalue weighted by Gasteiger charge is -2.09. The Bertz CT molecular complexity index is 457. The molecule has 0 amide bonds. The van der Waals surface area contributed by atoms with Crippen molar-refractivity contribution in [2.24, 2.45) is 5.14 Å². The Kier molecular flexibility index (Phi) is 2.86. The van der Waals surface area contributed by atoms with Gasteiger partial charge in [-0.3, -0.25) is 0 Å². The third-order valence-electron chi connectivity index (χ3n) is 1.26. The maximum atomic E-state index is 11.8. The molecule has 0 aliphatic heterocycles. The van der Waals surface area contributed by atoms with E-state index in [1.165, 1.54) is 0 Å². The van der Waals surface area contributed by atoms with Gasteiger partial charge in [0, 0.05) is 6.20 Å². The molecule has 0 saturated carbocycles. The van der Waals surface area contributed by atoms with E-state index in [1.807, 2.05) is 0 Å². The molecule has 0 fully saturated rings. The molecule has 1 aromatic heterocycles. The Morgan fingerprint density at radius 3 is 2.47 bits per heavy atom. The van der Waals surface area contributed by atoms with Gasteiger partial charge in [-0.15, -0.1) is 13.2 Å². The zero-order chi connectivity index (χ0) is 11.7. The number of nitrogens with zero attached hydrogens (tertiary/aromatic N) is 1. The van der Waals surface area contributed by atoms with Crippen molar-refractivity contribution < 1.29 is 26.3 Å². The van der Waals surface area contributed by atoms with Crippen LogP contribution in [0.3, 0.4) is 0 Å². The van der Waals surface area contributed by atoms with Gasteiger partial charge in [-0.2, -0.15) is 0 Å². The minimum Gasteiger partial charge on any atom is -0.386 e. The topological polar surface area (TPSA) is 82.3 Å². The zero-order valence-corrected chi connectivity index (χ0v) is 7.84. The molecule has 2 N–H and O–H groups in total. The highest BCUT2D eigenvalue weighted by Crippen LogP contribution is 2.25. The lowest BCUT2D eigenvalue weighted by Crippen LogP contribution is -2.21. The smallest absolute Gasteiger partial charge is 0.386 e. The van der Waals surface area contributed by atoms with Gasteiger partial charge in [-0.25, -0.2) is 18.5 Å². The summed E-state index contributed by atoms with van der Waals surface area (Å²) < 4.78 is 60.5. The van der Waals surface area contributed by atoms with E-state index >= 15 is 0 Å². The van der Waals surface area contributed by atoms with E-state index < -0.39 is 27.2 Å². The molecule has 1 rings (SSSR count). The predicted molar refractivity (Wildman–Crippen MR) is 42.3 cm³/mol. The number of pyridine rings is 1. The zero-order valence-electron chi connectivity index (χ0n) is 7.02. The molecule has 9 heteroatoms. The number of aromatic nitrogens is 1. The molecule has 5 nitrogen and oxygen atoms in total. The summed E-state index contributed by atoms with van der Waals surface area (Å²) in [4.78, 5) is 2.31. The van der Waals surface area contributed by atoms with Crippen molar-refractivity contribution in [3.05, 3.63) is 18.3 Å². The standard InChI is InChI=1S/C6H5F3N2O3S/c7-6(8,9)14-5-4(15(10,12)13)2-1-3-11-5/h1-3H,(H2,10,12,13). The van der Waals surface area contributed by atoms with Gasteiger partial charge in [-0.05, 0) is 12.1 Å². The molecule has 0 atom stereocenters. The van der Waals surface area contributed by atoms with Crippen molar-refractivity contribution >= 4 is 10.0 Å². The van der Waals surface area contributed by atoms with Crippen LogP contribution in [0.5, 0.6) is 5.88 Å². The normalized spacial score (nSPS) is 12.5. The van der Waals surface area contributed by atoms with Gasteiger partial charge >= 0.3 is 6.36 Å². The predicted octanol–water partition coefficient (Wildman–Crippen LogP) is 0.628. The molecular formula is C6H5F3N2O3S. The van der Waals surface area contributed by atoms with Gasteiger partial charge < -0.3 is 4.74 Å². The molecule has 0 saturated heterocycles. The summed E-state index contributed by atoms with van der Waals surface area (Å²) in [7, 11) is -4.29. The van der Waals surface area contributed by atoms with Gasteiger partial charge in [0.05, 0.1) is 0 Å². The van der Waals surface area contributed by atoms with Gasteiger partial charge in [0.15, 0.2) is 0 Å². The summed E-state index contributed by atoms with van der Waals surface area (Å²) in [5.41, 5.74) is 0. The molecule has 15 heavy (non-hydrogen) atoms. The summed E-state index contributed by atoms with van der Waals surface area (Å²) in [5, 5.41) is 4.66. The molecular weight excluding hydrogens is 237 g/mol. The van der Waals surface area contributed by atoms with Crippen LogP contribution >= 0.6 is 0 Å². The molecule has 84 valence electrons. The minimum atomic E-state index is -5.02. The Morgan fingerprint density at radius 2 is 2.00 bits per heavy atom. The van der Waals surface area contributed by atoms with E-state index in [-0.39, 0.29) is 0 Å². The van der Waals surface area contributed by atoms with Crippen molar-refractivity contribution in [1.29, 1.82) is 0 Å². The first-order valence-corrected chi connectivity index (χ1v) is 4.98. The fourth-order valence-electron chi connectivity index (χ4n) is 0.779. The Hall–Kier alpha value is -1.35. The molecule has 0 unspecified atom stereocenters. The number of hydrogen-bond donors (Lipinski definition) is 1. The Labute approximate surface area is 82.7 Å². The van der Waals surface area contributed by atoms with E-state index in [2.05, 4.69) is 14.9 Å². The quantitative estimate of drug-likeness (QED) is 0.824. The number of sulfonamides is 1. The molecule has 0 aromatic carbocycles. The summed E-state index contributed by atoms with van der Waals surface area (Å²) in [6.07, 6.45) is -4.07. The fourth-order valence-corrected chi connectivity index (χ4v) is 1.38. The van der Waals surface area contributed by atoms with Gasteiger partial charge in [0.1, 0.15) is 4.90 Å². The number of hydrogen-bond acceptors (Lipinski definition) is 4. The highest BCUT2D eigenvalue weighted by atomic mass is 32.2. The average Bonchev–Trinajstić information content (AvgIpc) is 1.99. The van der Waals surface area contributed by atoms with Crippen molar-refractivity contribution in [1.82, 2.24) is 4.98 Å². The highest BCUT2D eigenvalue weighted by Gasteiger charge is 2.34. The lowest BCUT2D eigenvalue weighted by molar-refractivity contribution is -0.277. The van der Waals surface area contributed by atoms with E-state index in [0.29, 0.717) is 0 Å². The van der Waals surface area contributed by atoms with Crippen LogP contribution in [0, 0.1) is 0 Å². The van der Waals surface area contributed by atoms with E-state index in [4.69, 9.17) is 0 Å². The number of ether oxygens (including phenoxy) is 1. The van der Waals surface area contributed by atoms with Gasteiger partial charge in [-0.1, -0.05) is 0 Å². The third kappa shape index (κ3) is 3.36. The largest absolute Gasteiger partial charge is 0.574 e. The molecule has 0 radical (unpaired) electrons. The van der Waals surface area contributed by atoms with Crippen LogP contribution in [0.4, 0.5) is 13.2 Å². The molecule has 0 aliphatic rings. The van der Waals surface area contributed by atoms with Crippen LogP contribution in [0.2, 0.25) is 0 Å². The summed E-state index contributed by atoms with van der Waals surface area (Å²) >= 11 is 0. The van der Waals surface area contributed by atoms with Crippen LogP contribution in [-0.4, -0.2) is 19.8 Å². The Balaban J connectivity index is 3.20. The number of halogens is 3. The van der Waals surface area contributed by atoms with Crippen molar-refractivity contribution in [3.63, 3.8) is 0 Å². The SMILES string of the molecule is NS(=O)(=O)c1cccnc1OC(F)(F)F. The van der Waals surface area contributed by atoms with E-state index in [1.54, 1.807) is 0 Å². The third-order valence-corrected chi connectivity index (χ3v) is 2.18. The number of primary sulfonamides is 1. The van der Waals surface area contributed by atoms with Crippen LogP contribution in [0.1, 0.15) is 0 Å². The van der Waals surface area contributed by atoms with E-state index in [9.17, 15) is 21.6 Å². The molecule has 0 aliphatic carbocycles. The number of nitrogens with two attached hydrogens (primary N) is 1. The lowest BCUT2D eigenvalue weighted by atomic mass is 10.5. The minimum absolute atomic E-state index is 0.817. The summed E-state index contributed by atoms with van der Waals surface area (Å²) in [6, 6.07) is 1.99. The van der Waals surface area contributed by atoms with Crippen molar-refractivity contribution in [3.8, 4) is 5.88 Å². The van der Waals surface area contributed by atoms with Gasteiger partial charge in [0.2, 0.25) is 15.9 Å². The fraction of sp³-hybridized carbons (Fsp3) is 0.167. The maximum Gasteiger partial charge on any atom is 0.574 e. The first-order chi connectivity index (χ1) is 6.70. The molecule has 0 spiro atoms. The monoisotopic (exact) mass is 242 g/mol. The second-order valence-electron chi connectivity index (χ2n) is 2.40. The molecule has 1 heterocycles. The number of alkyl halides is 3. The highest BCUT2D eigenvalue weighted by molar-refractivity contribution is 7.89. The van der Waals surface area contributed by atoms with Crippen LogP contribution in [0.25, 0.3) is 0 Å². The molecule has 0 bridgehead atoms. The van der Waals surface area contributed by atoms with Crippen LogP contribution < -0.4 is 9.88 Å². The first-order valence-electron chi connectivity index (χ1n) is 3.44.